The van der Waals surface area contributed by atoms with Crippen LogP contribution in [0.1, 0.15) is 72.8 Å². The van der Waals surface area contributed by atoms with Crippen molar-refractivity contribution in [2.45, 2.75) is 77.1 Å². The minimum atomic E-state index is -1.26. The number of hydrogen-bond donors (Lipinski definition) is 0. The number of aromatic nitrogens is 2. The maximum atomic E-state index is 12.7. The van der Waals surface area contributed by atoms with Gasteiger partial charge in [-0.05, 0) is 43.2 Å². The minimum Gasteiger partial charge on any atom is -0.462 e. The summed E-state index contributed by atoms with van der Waals surface area (Å²) in [6, 6.07) is 7.30. The Morgan fingerprint density at radius 3 is 2.12 bits per heavy atom. The first-order valence-electron chi connectivity index (χ1n) is 11.2. The standard InChI is InChI=1S/C25H34N2O4Si/c1-24(2)12-13-25(3,4)21-20(24)26-16-19(27-21)23(29)31-18-10-8-17(9-11-18)22(28)30-14-15-32(5,6)7/h8-11,16H,12-15H2,1-7H3. The van der Waals surface area contributed by atoms with Gasteiger partial charge in [0.2, 0.25) is 0 Å². The Balaban J connectivity index is 1.68. The van der Waals surface area contributed by atoms with Crippen molar-refractivity contribution in [3.63, 3.8) is 0 Å². The number of carbonyl (C=O) groups excluding carboxylic acids is 2. The molecule has 1 aliphatic rings. The molecule has 0 radical (unpaired) electrons. The number of benzene rings is 1. The number of nitrogens with zero attached hydrogens (tertiary/aromatic N) is 2. The van der Waals surface area contributed by atoms with Crippen LogP contribution in [-0.2, 0) is 15.6 Å². The maximum absolute atomic E-state index is 12.7. The highest BCUT2D eigenvalue weighted by molar-refractivity contribution is 6.76. The third-order valence-corrected chi connectivity index (χ3v) is 7.73. The molecule has 0 spiro atoms. The van der Waals surface area contributed by atoms with Gasteiger partial charge >= 0.3 is 11.9 Å². The summed E-state index contributed by atoms with van der Waals surface area (Å²) < 4.78 is 10.8. The van der Waals surface area contributed by atoms with Gasteiger partial charge < -0.3 is 9.47 Å². The predicted molar refractivity (Wildman–Crippen MR) is 127 cm³/mol. The molecule has 32 heavy (non-hydrogen) atoms. The third-order valence-electron chi connectivity index (χ3n) is 6.02. The SMILES string of the molecule is CC1(C)CCC(C)(C)c2nc(C(=O)Oc3ccc(C(=O)OCC[Si](C)(C)C)cc3)cnc21. The van der Waals surface area contributed by atoms with Crippen molar-refractivity contribution in [1.82, 2.24) is 9.97 Å². The average Bonchev–Trinajstić information content (AvgIpc) is 2.71. The molecule has 0 saturated heterocycles. The van der Waals surface area contributed by atoms with Crippen molar-refractivity contribution in [3.8, 4) is 5.75 Å². The summed E-state index contributed by atoms with van der Waals surface area (Å²) in [6.45, 7) is 15.7. The average molecular weight is 455 g/mol. The van der Waals surface area contributed by atoms with Gasteiger partial charge in [0.05, 0.1) is 29.8 Å². The lowest BCUT2D eigenvalue weighted by Crippen LogP contribution is -2.36. The van der Waals surface area contributed by atoms with Crippen LogP contribution in [-0.4, -0.2) is 36.6 Å². The molecular formula is C25H34N2O4Si. The largest absolute Gasteiger partial charge is 0.462 e. The smallest absolute Gasteiger partial charge is 0.363 e. The molecule has 1 aromatic heterocycles. The summed E-state index contributed by atoms with van der Waals surface area (Å²) in [5, 5.41) is 0. The van der Waals surface area contributed by atoms with Crippen LogP contribution in [0.3, 0.4) is 0 Å². The first kappa shape index (κ1) is 24.1. The van der Waals surface area contributed by atoms with Crippen LogP contribution in [0, 0.1) is 0 Å². The minimum absolute atomic E-state index is 0.0696. The molecule has 172 valence electrons. The molecule has 0 saturated carbocycles. The van der Waals surface area contributed by atoms with Crippen LogP contribution in [0.2, 0.25) is 25.7 Å². The monoisotopic (exact) mass is 454 g/mol. The van der Waals surface area contributed by atoms with E-state index in [2.05, 4.69) is 57.3 Å². The normalized spacial score (nSPS) is 16.7. The lowest BCUT2D eigenvalue weighted by Gasteiger charge is -2.39. The fourth-order valence-corrected chi connectivity index (χ4v) is 4.38. The lowest BCUT2D eigenvalue weighted by atomic mass is 9.67. The van der Waals surface area contributed by atoms with Crippen LogP contribution in [0.5, 0.6) is 5.75 Å². The first-order chi connectivity index (χ1) is 14.8. The predicted octanol–water partition coefficient (Wildman–Crippen LogP) is 5.54. The molecule has 6 nitrogen and oxygen atoms in total. The summed E-state index contributed by atoms with van der Waals surface area (Å²) in [4.78, 5) is 34.2. The molecule has 0 amide bonds. The fourth-order valence-electron chi connectivity index (χ4n) is 3.67. The van der Waals surface area contributed by atoms with Gasteiger partial charge in [-0.15, -0.1) is 0 Å². The van der Waals surface area contributed by atoms with E-state index < -0.39 is 14.0 Å². The van der Waals surface area contributed by atoms with E-state index in [0.717, 1.165) is 30.3 Å². The highest BCUT2D eigenvalue weighted by atomic mass is 28.3. The topological polar surface area (TPSA) is 78.4 Å². The van der Waals surface area contributed by atoms with E-state index in [9.17, 15) is 9.59 Å². The Morgan fingerprint density at radius 2 is 1.53 bits per heavy atom. The second-order valence-corrected chi connectivity index (χ2v) is 16.7. The second-order valence-electron chi connectivity index (χ2n) is 11.1. The first-order valence-corrected chi connectivity index (χ1v) is 14.9. The van der Waals surface area contributed by atoms with Gasteiger partial charge in [0, 0.05) is 18.9 Å². The molecule has 0 bridgehead atoms. The van der Waals surface area contributed by atoms with E-state index in [4.69, 9.17) is 9.47 Å². The van der Waals surface area contributed by atoms with Crippen molar-refractivity contribution in [2.24, 2.45) is 0 Å². The summed E-state index contributed by atoms with van der Waals surface area (Å²) >= 11 is 0. The molecule has 0 atom stereocenters. The third kappa shape index (κ3) is 5.62. The van der Waals surface area contributed by atoms with E-state index in [1.54, 1.807) is 24.3 Å². The molecule has 1 heterocycles. The molecule has 7 heteroatoms. The number of ether oxygens (including phenoxy) is 2. The van der Waals surface area contributed by atoms with Gasteiger partial charge in [-0.25, -0.2) is 14.6 Å². The van der Waals surface area contributed by atoms with E-state index in [-0.39, 0.29) is 22.5 Å². The van der Waals surface area contributed by atoms with Crippen molar-refractivity contribution < 1.29 is 19.1 Å². The Kier molecular flexibility index (Phi) is 6.61. The molecule has 1 aromatic carbocycles. The molecule has 0 unspecified atom stereocenters. The van der Waals surface area contributed by atoms with E-state index in [1.165, 1.54) is 6.20 Å². The van der Waals surface area contributed by atoms with Crippen molar-refractivity contribution in [3.05, 3.63) is 53.1 Å². The Hall–Kier alpha value is -2.54. The molecule has 1 aliphatic carbocycles. The molecule has 0 aliphatic heterocycles. The quantitative estimate of drug-likeness (QED) is 0.324. The lowest BCUT2D eigenvalue weighted by molar-refractivity contribution is 0.0525. The summed E-state index contributed by atoms with van der Waals surface area (Å²) in [5.74, 6) is -0.593. The summed E-state index contributed by atoms with van der Waals surface area (Å²) in [5.41, 5.74) is 2.20. The van der Waals surface area contributed by atoms with E-state index >= 15 is 0 Å². The zero-order chi connectivity index (χ0) is 23.7. The second kappa shape index (κ2) is 8.77. The number of hydrogen-bond acceptors (Lipinski definition) is 6. The number of fused-ring (bicyclic) bond motifs is 1. The van der Waals surface area contributed by atoms with Crippen LogP contribution < -0.4 is 4.74 Å². The van der Waals surface area contributed by atoms with E-state index in [0.29, 0.717) is 17.9 Å². The molecule has 2 aromatic rings. The zero-order valence-corrected chi connectivity index (χ0v) is 21.2. The molecule has 3 rings (SSSR count). The Morgan fingerprint density at radius 1 is 0.938 bits per heavy atom. The molecule has 0 fully saturated rings. The van der Waals surface area contributed by atoms with Gasteiger partial charge in [0.1, 0.15) is 5.75 Å². The number of rotatable bonds is 6. The highest BCUT2D eigenvalue weighted by Crippen LogP contribution is 2.43. The van der Waals surface area contributed by atoms with Crippen molar-refractivity contribution in [2.75, 3.05) is 6.61 Å². The van der Waals surface area contributed by atoms with Gasteiger partial charge in [0.15, 0.2) is 5.69 Å². The Labute approximate surface area is 191 Å². The van der Waals surface area contributed by atoms with Crippen LogP contribution in [0.15, 0.2) is 30.5 Å². The van der Waals surface area contributed by atoms with Crippen molar-refractivity contribution >= 4 is 20.0 Å². The zero-order valence-electron chi connectivity index (χ0n) is 20.2. The van der Waals surface area contributed by atoms with Gasteiger partial charge in [-0.3, -0.25) is 4.98 Å². The van der Waals surface area contributed by atoms with Crippen LogP contribution >= 0.6 is 0 Å². The maximum Gasteiger partial charge on any atom is 0.363 e. The molecular weight excluding hydrogens is 420 g/mol. The van der Waals surface area contributed by atoms with Gasteiger partial charge in [-0.2, -0.15) is 0 Å². The van der Waals surface area contributed by atoms with Gasteiger partial charge in [-0.1, -0.05) is 47.3 Å². The fraction of sp³-hybridized carbons (Fsp3) is 0.520. The number of carbonyl (C=O) groups is 2. The van der Waals surface area contributed by atoms with Crippen LogP contribution in [0.25, 0.3) is 0 Å². The summed E-state index contributed by atoms with van der Waals surface area (Å²) in [6.07, 6.45) is 3.50. The van der Waals surface area contributed by atoms with E-state index in [1.807, 2.05) is 0 Å². The Bertz CT molecular complexity index is 1010. The van der Waals surface area contributed by atoms with Gasteiger partial charge in [0.25, 0.3) is 0 Å². The summed E-state index contributed by atoms with van der Waals surface area (Å²) in [7, 11) is -1.26. The van der Waals surface area contributed by atoms with Crippen molar-refractivity contribution in [1.29, 1.82) is 0 Å². The highest BCUT2D eigenvalue weighted by Gasteiger charge is 2.40. The van der Waals surface area contributed by atoms with Crippen LogP contribution in [0.4, 0.5) is 0 Å². The number of esters is 2. The molecule has 0 N–H and O–H groups in total.